The lowest BCUT2D eigenvalue weighted by molar-refractivity contribution is -0.128. The molecule has 1 aromatic rings. The van der Waals surface area contributed by atoms with Gasteiger partial charge >= 0.3 is 0 Å². The van der Waals surface area contributed by atoms with Crippen molar-refractivity contribution in [2.24, 2.45) is 0 Å². The number of carbonyl (C=O) groups excluding carboxylic acids is 1. The summed E-state index contributed by atoms with van der Waals surface area (Å²) in [6, 6.07) is 8.87. The van der Waals surface area contributed by atoms with Gasteiger partial charge < -0.3 is 10.2 Å². The maximum Gasteiger partial charge on any atom is 0.230 e. The number of hydrogen-bond donors (Lipinski definition) is 1. The van der Waals surface area contributed by atoms with Gasteiger partial charge in [-0.25, -0.2) is 0 Å². The lowest BCUT2D eigenvalue weighted by Crippen LogP contribution is -2.57. The number of amides is 1. The topological polar surface area (TPSA) is 32.3 Å². The molecule has 0 aromatic heterocycles. The van der Waals surface area contributed by atoms with Crippen LogP contribution in [0.4, 0.5) is 0 Å². The summed E-state index contributed by atoms with van der Waals surface area (Å²) in [5.74, 6) is 0.127. The largest absolute Gasteiger partial charge is 0.350 e. The predicted octanol–water partition coefficient (Wildman–Crippen LogP) is 3.65. The van der Waals surface area contributed by atoms with Crippen LogP contribution in [0, 0.1) is 6.92 Å². The van der Waals surface area contributed by atoms with Crippen molar-refractivity contribution in [3.63, 3.8) is 0 Å². The molecule has 23 heavy (non-hydrogen) atoms. The molecule has 0 spiro atoms. The summed E-state index contributed by atoms with van der Waals surface area (Å²) in [5.41, 5.74) is 1.69. The number of benzene rings is 1. The zero-order chi connectivity index (χ0) is 17.3. The monoisotopic (exact) mass is 316 g/mol. The van der Waals surface area contributed by atoms with E-state index in [0.717, 1.165) is 31.5 Å². The minimum atomic E-state index is -0.508. The smallest absolute Gasteiger partial charge is 0.230 e. The summed E-state index contributed by atoms with van der Waals surface area (Å²) in [6.07, 6.45) is 2.03. The molecule has 1 amide bonds. The van der Waals surface area contributed by atoms with Crippen molar-refractivity contribution in [2.75, 3.05) is 13.1 Å². The van der Waals surface area contributed by atoms with Crippen LogP contribution in [0.3, 0.4) is 0 Å². The summed E-state index contributed by atoms with van der Waals surface area (Å²) in [7, 11) is 0. The molecule has 1 aliphatic rings. The first-order valence-electron chi connectivity index (χ1n) is 8.78. The molecule has 0 aliphatic carbocycles. The number of carbonyl (C=O) groups is 1. The predicted molar refractivity (Wildman–Crippen MR) is 96.7 cm³/mol. The van der Waals surface area contributed by atoms with Crippen molar-refractivity contribution in [3.8, 4) is 0 Å². The van der Waals surface area contributed by atoms with E-state index in [-0.39, 0.29) is 11.4 Å². The Morgan fingerprint density at radius 3 is 2.17 bits per heavy atom. The first-order valence-corrected chi connectivity index (χ1v) is 8.78. The van der Waals surface area contributed by atoms with E-state index in [1.54, 1.807) is 0 Å². The van der Waals surface area contributed by atoms with Gasteiger partial charge in [-0.15, -0.1) is 0 Å². The number of nitrogens with one attached hydrogen (secondary N) is 1. The molecule has 0 atom stereocenters. The lowest BCUT2D eigenvalue weighted by atomic mass is 9.81. The first kappa shape index (κ1) is 18.0. The van der Waals surface area contributed by atoms with Gasteiger partial charge in [0.25, 0.3) is 0 Å². The summed E-state index contributed by atoms with van der Waals surface area (Å²) >= 11 is 0. The van der Waals surface area contributed by atoms with Gasteiger partial charge in [-0.1, -0.05) is 29.8 Å². The molecule has 1 N–H and O–H groups in total. The average molecular weight is 316 g/mol. The Bertz CT molecular complexity index is 537. The van der Waals surface area contributed by atoms with E-state index in [1.165, 1.54) is 5.56 Å². The molecule has 3 nitrogen and oxygen atoms in total. The second-order valence-electron chi connectivity index (χ2n) is 8.14. The Balaban J connectivity index is 2.04. The fourth-order valence-corrected chi connectivity index (χ4v) is 3.19. The number of likely N-dealkylation sites (tertiary alicyclic amines) is 1. The van der Waals surface area contributed by atoms with Crippen molar-refractivity contribution in [1.29, 1.82) is 0 Å². The van der Waals surface area contributed by atoms with Crippen LogP contribution in [0.25, 0.3) is 0 Å². The van der Waals surface area contributed by atoms with E-state index >= 15 is 0 Å². The van der Waals surface area contributed by atoms with Crippen molar-refractivity contribution in [1.82, 2.24) is 10.2 Å². The van der Waals surface area contributed by atoms with Gasteiger partial charge in [0, 0.05) is 24.7 Å². The zero-order valence-electron chi connectivity index (χ0n) is 15.6. The molecular weight excluding hydrogens is 284 g/mol. The fourth-order valence-electron chi connectivity index (χ4n) is 3.19. The normalized spacial score (nSPS) is 18.9. The summed E-state index contributed by atoms with van der Waals surface area (Å²) in [6.45, 7) is 14.9. The Kier molecular flexibility index (Phi) is 5.20. The third kappa shape index (κ3) is 4.14. The van der Waals surface area contributed by atoms with Gasteiger partial charge in [0.2, 0.25) is 5.91 Å². The molecule has 0 unspecified atom stereocenters. The second-order valence-corrected chi connectivity index (χ2v) is 8.14. The summed E-state index contributed by atoms with van der Waals surface area (Å²) < 4.78 is 0. The Labute approximate surface area is 141 Å². The van der Waals surface area contributed by atoms with Gasteiger partial charge in [-0.3, -0.25) is 4.79 Å². The third-order valence-electron chi connectivity index (χ3n) is 5.39. The van der Waals surface area contributed by atoms with Crippen molar-refractivity contribution in [2.45, 2.75) is 71.4 Å². The van der Waals surface area contributed by atoms with E-state index in [4.69, 9.17) is 0 Å². The number of piperidine rings is 1. The van der Waals surface area contributed by atoms with Gasteiger partial charge in [-0.05, 0) is 59.9 Å². The number of hydrogen-bond acceptors (Lipinski definition) is 2. The molecular formula is C20H32N2O. The highest BCUT2D eigenvalue weighted by atomic mass is 16.2. The summed E-state index contributed by atoms with van der Waals surface area (Å²) in [5, 5.41) is 3.34. The van der Waals surface area contributed by atoms with Crippen LogP contribution in [-0.2, 0) is 10.2 Å². The van der Waals surface area contributed by atoms with E-state index in [1.807, 2.05) is 13.8 Å². The van der Waals surface area contributed by atoms with Crippen LogP contribution in [0.2, 0.25) is 0 Å². The van der Waals surface area contributed by atoms with Gasteiger partial charge in [-0.2, -0.15) is 0 Å². The lowest BCUT2D eigenvalue weighted by Gasteiger charge is -2.43. The van der Waals surface area contributed by atoms with Crippen LogP contribution in [0.5, 0.6) is 0 Å². The minimum Gasteiger partial charge on any atom is -0.350 e. The highest BCUT2D eigenvalue weighted by Crippen LogP contribution is 2.28. The summed E-state index contributed by atoms with van der Waals surface area (Å²) in [4.78, 5) is 15.4. The SMILES string of the molecule is Cc1ccc(C(C)(C)C(=O)NC2(C)CCN(C(C)C)CC2)cc1. The average Bonchev–Trinajstić information content (AvgIpc) is 2.47. The van der Waals surface area contributed by atoms with Crippen LogP contribution in [0.1, 0.15) is 58.6 Å². The molecule has 0 radical (unpaired) electrons. The zero-order valence-corrected chi connectivity index (χ0v) is 15.6. The maximum atomic E-state index is 12.9. The quantitative estimate of drug-likeness (QED) is 0.919. The fraction of sp³-hybridized carbons (Fsp3) is 0.650. The molecule has 1 fully saturated rings. The highest BCUT2D eigenvalue weighted by molar-refractivity contribution is 5.87. The third-order valence-corrected chi connectivity index (χ3v) is 5.39. The Morgan fingerprint density at radius 2 is 1.70 bits per heavy atom. The van der Waals surface area contributed by atoms with Crippen LogP contribution in [0.15, 0.2) is 24.3 Å². The molecule has 1 heterocycles. The Hall–Kier alpha value is -1.35. The van der Waals surface area contributed by atoms with Gasteiger partial charge in [0.15, 0.2) is 0 Å². The van der Waals surface area contributed by atoms with Crippen molar-refractivity contribution in [3.05, 3.63) is 35.4 Å². The molecule has 1 saturated heterocycles. The van der Waals surface area contributed by atoms with E-state index in [9.17, 15) is 4.79 Å². The van der Waals surface area contributed by atoms with Crippen LogP contribution >= 0.6 is 0 Å². The molecule has 1 aromatic carbocycles. The van der Waals surface area contributed by atoms with Gasteiger partial charge in [0.1, 0.15) is 0 Å². The van der Waals surface area contributed by atoms with E-state index in [0.29, 0.717) is 6.04 Å². The molecule has 128 valence electrons. The van der Waals surface area contributed by atoms with E-state index in [2.05, 4.69) is 62.2 Å². The van der Waals surface area contributed by atoms with Crippen molar-refractivity contribution >= 4 is 5.91 Å². The number of aryl methyl sites for hydroxylation is 1. The second kappa shape index (κ2) is 6.64. The van der Waals surface area contributed by atoms with Crippen molar-refractivity contribution < 1.29 is 4.79 Å². The number of rotatable bonds is 4. The maximum absolute atomic E-state index is 12.9. The molecule has 0 saturated carbocycles. The Morgan fingerprint density at radius 1 is 1.17 bits per heavy atom. The van der Waals surface area contributed by atoms with E-state index < -0.39 is 5.41 Å². The first-order chi connectivity index (χ1) is 10.6. The number of nitrogens with zero attached hydrogens (tertiary/aromatic N) is 1. The van der Waals surface area contributed by atoms with Crippen LogP contribution < -0.4 is 5.32 Å². The molecule has 1 aliphatic heterocycles. The molecule has 2 rings (SSSR count). The highest BCUT2D eigenvalue weighted by Gasteiger charge is 2.37. The molecule has 0 bridgehead atoms. The standard InChI is InChI=1S/C20H32N2O/c1-15(2)22-13-11-20(6,12-14-22)21-18(23)19(4,5)17-9-7-16(3)8-10-17/h7-10,15H,11-14H2,1-6H3,(H,21,23). The van der Waals surface area contributed by atoms with Crippen LogP contribution in [-0.4, -0.2) is 35.5 Å². The molecule has 3 heteroatoms. The van der Waals surface area contributed by atoms with Gasteiger partial charge in [0.05, 0.1) is 5.41 Å². The minimum absolute atomic E-state index is 0.0928.